The summed E-state index contributed by atoms with van der Waals surface area (Å²) in [6, 6.07) is 9.42. The van der Waals surface area contributed by atoms with Crippen molar-refractivity contribution in [2.24, 2.45) is 0 Å². The largest absolute Gasteiger partial charge is 0.508 e. The van der Waals surface area contributed by atoms with Crippen LogP contribution < -0.4 is 0 Å². The molecule has 1 N–H and O–H groups in total. The van der Waals surface area contributed by atoms with E-state index in [4.69, 9.17) is 10.5 Å². The quantitative estimate of drug-likeness (QED) is 0.810. The summed E-state index contributed by atoms with van der Waals surface area (Å²) in [5.41, 5.74) is 1.81. The lowest BCUT2D eigenvalue weighted by Gasteiger charge is -2.04. The lowest BCUT2D eigenvalue weighted by atomic mass is 10.0. The van der Waals surface area contributed by atoms with Crippen molar-refractivity contribution in [1.29, 1.82) is 10.5 Å². The van der Waals surface area contributed by atoms with E-state index in [1.165, 1.54) is 0 Å². The third-order valence-electron chi connectivity index (χ3n) is 2.18. The first kappa shape index (κ1) is 11.1. The molecule has 15 heavy (non-hydrogen) atoms. The highest BCUT2D eigenvalue weighted by molar-refractivity contribution is 5.36. The van der Waals surface area contributed by atoms with Crippen molar-refractivity contribution < 1.29 is 5.11 Å². The third kappa shape index (κ3) is 3.32. The fourth-order valence-electron chi connectivity index (χ4n) is 1.39. The van der Waals surface area contributed by atoms with Gasteiger partial charge in [0.15, 0.2) is 0 Å². The normalized spacial score (nSPS) is 9.20. The van der Waals surface area contributed by atoms with Crippen LogP contribution in [0.15, 0.2) is 18.2 Å². The van der Waals surface area contributed by atoms with Crippen molar-refractivity contribution in [1.82, 2.24) is 0 Å². The fourth-order valence-corrected chi connectivity index (χ4v) is 1.39. The van der Waals surface area contributed by atoms with Crippen LogP contribution in [-0.2, 0) is 12.8 Å². The van der Waals surface area contributed by atoms with E-state index >= 15 is 0 Å². The Morgan fingerprint density at radius 1 is 1.07 bits per heavy atom. The number of aromatic hydroxyl groups is 1. The van der Waals surface area contributed by atoms with E-state index < -0.39 is 0 Å². The summed E-state index contributed by atoms with van der Waals surface area (Å²) in [4.78, 5) is 0. The molecule has 0 heterocycles. The molecule has 3 nitrogen and oxygen atoms in total. The first-order valence-electron chi connectivity index (χ1n) is 4.82. The van der Waals surface area contributed by atoms with E-state index in [1.807, 2.05) is 18.2 Å². The van der Waals surface area contributed by atoms with Crippen molar-refractivity contribution in [3.05, 3.63) is 29.3 Å². The molecule has 1 rings (SSSR count). The summed E-state index contributed by atoms with van der Waals surface area (Å²) in [6.45, 7) is 0. The zero-order valence-corrected chi connectivity index (χ0v) is 8.40. The molecule has 1 aromatic rings. The smallest absolute Gasteiger partial charge is 0.118 e. The van der Waals surface area contributed by atoms with Gasteiger partial charge in [0.05, 0.1) is 12.1 Å². The minimum absolute atomic E-state index is 0.228. The van der Waals surface area contributed by atoms with Crippen LogP contribution in [-0.4, -0.2) is 5.11 Å². The molecule has 0 bridgehead atoms. The molecular formula is C12H12N2O. The molecule has 0 amide bonds. The van der Waals surface area contributed by atoms with Gasteiger partial charge >= 0.3 is 0 Å². The lowest BCUT2D eigenvalue weighted by Crippen LogP contribution is -1.90. The number of benzene rings is 1. The number of hydrogen-bond acceptors (Lipinski definition) is 3. The summed E-state index contributed by atoms with van der Waals surface area (Å²) >= 11 is 0. The van der Waals surface area contributed by atoms with Gasteiger partial charge in [0.25, 0.3) is 0 Å². The molecule has 0 radical (unpaired) electrons. The van der Waals surface area contributed by atoms with Gasteiger partial charge < -0.3 is 5.11 Å². The SMILES string of the molecule is N#CCCc1ccc(O)c(CCC#N)c1. The van der Waals surface area contributed by atoms with Crippen molar-refractivity contribution in [2.45, 2.75) is 25.7 Å². The van der Waals surface area contributed by atoms with Gasteiger partial charge in [-0.2, -0.15) is 10.5 Å². The standard InChI is InChI=1S/C12H12N2O/c13-7-1-3-10-5-6-12(15)11(9-10)4-2-8-14/h5-6,9,15H,1-4H2. The molecule has 1 aromatic carbocycles. The molecule has 76 valence electrons. The van der Waals surface area contributed by atoms with Crippen LogP contribution in [0.1, 0.15) is 24.0 Å². The second kappa shape index (κ2) is 5.67. The Kier molecular flexibility index (Phi) is 4.19. The van der Waals surface area contributed by atoms with Crippen LogP contribution in [0, 0.1) is 22.7 Å². The first-order valence-corrected chi connectivity index (χ1v) is 4.82. The van der Waals surface area contributed by atoms with E-state index in [1.54, 1.807) is 6.07 Å². The number of phenols is 1. The minimum Gasteiger partial charge on any atom is -0.508 e. The zero-order chi connectivity index (χ0) is 11.1. The van der Waals surface area contributed by atoms with Gasteiger partial charge in [0.1, 0.15) is 5.75 Å². The monoisotopic (exact) mass is 200 g/mol. The molecule has 3 heteroatoms. The Labute approximate surface area is 89.2 Å². The van der Waals surface area contributed by atoms with E-state index in [9.17, 15) is 5.11 Å². The van der Waals surface area contributed by atoms with Crippen molar-refractivity contribution in [3.8, 4) is 17.9 Å². The van der Waals surface area contributed by atoms with Gasteiger partial charge in [-0.05, 0) is 30.0 Å². The molecular weight excluding hydrogens is 188 g/mol. The molecule has 0 aliphatic carbocycles. The summed E-state index contributed by atoms with van der Waals surface area (Å²) in [5.74, 6) is 0.228. The van der Waals surface area contributed by atoms with E-state index in [-0.39, 0.29) is 5.75 Å². The Morgan fingerprint density at radius 3 is 2.40 bits per heavy atom. The number of phenolic OH excluding ortho intramolecular Hbond substituents is 1. The Balaban J connectivity index is 2.77. The first-order chi connectivity index (χ1) is 7.27. The average molecular weight is 200 g/mol. The van der Waals surface area contributed by atoms with E-state index in [0.717, 1.165) is 11.1 Å². The van der Waals surface area contributed by atoms with E-state index in [2.05, 4.69) is 6.07 Å². The van der Waals surface area contributed by atoms with Crippen LogP contribution >= 0.6 is 0 Å². The molecule has 0 aliphatic rings. The van der Waals surface area contributed by atoms with Crippen molar-refractivity contribution >= 4 is 0 Å². The van der Waals surface area contributed by atoms with Gasteiger partial charge in [-0.25, -0.2) is 0 Å². The molecule has 0 saturated heterocycles. The number of aryl methyl sites for hydroxylation is 2. The summed E-state index contributed by atoms with van der Waals surface area (Å²) in [5, 5.41) is 26.4. The highest BCUT2D eigenvalue weighted by Gasteiger charge is 2.02. The Hall–Kier alpha value is -2.00. The van der Waals surface area contributed by atoms with Gasteiger partial charge in [-0.15, -0.1) is 0 Å². The predicted molar refractivity (Wildman–Crippen MR) is 56.0 cm³/mol. The van der Waals surface area contributed by atoms with Crippen molar-refractivity contribution in [2.75, 3.05) is 0 Å². The number of nitriles is 2. The highest BCUT2D eigenvalue weighted by atomic mass is 16.3. The van der Waals surface area contributed by atoms with Crippen LogP contribution in [0.3, 0.4) is 0 Å². The summed E-state index contributed by atoms with van der Waals surface area (Å²) in [7, 11) is 0. The molecule has 0 saturated carbocycles. The summed E-state index contributed by atoms with van der Waals surface area (Å²) in [6.07, 6.45) is 2.12. The minimum atomic E-state index is 0.228. The molecule has 0 unspecified atom stereocenters. The van der Waals surface area contributed by atoms with Crippen LogP contribution in [0.4, 0.5) is 0 Å². The number of hydrogen-bond donors (Lipinski definition) is 1. The molecule has 0 aromatic heterocycles. The maximum atomic E-state index is 9.51. The van der Waals surface area contributed by atoms with Gasteiger partial charge in [0, 0.05) is 12.8 Å². The highest BCUT2D eigenvalue weighted by Crippen LogP contribution is 2.20. The Morgan fingerprint density at radius 2 is 1.73 bits per heavy atom. The van der Waals surface area contributed by atoms with E-state index in [0.29, 0.717) is 25.7 Å². The fraction of sp³-hybridized carbons (Fsp3) is 0.333. The Bertz CT molecular complexity index is 413. The topological polar surface area (TPSA) is 67.8 Å². The third-order valence-corrected chi connectivity index (χ3v) is 2.18. The van der Waals surface area contributed by atoms with Gasteiger partial charge in [0.2, 0.25) is 0 Å². The van der Waals surface area contributed by atoms with Crippen LogP contribution in [0.2, 0.25) is 0 Å². The molecule has 0 fully saturated rings. The molecule has 0 atom stereocenters. The average Bonchev–Trinajstić information content (AvgIpc) is 2.26. The van der Waals surface area contributed by atoms with Gasteiger partial charge in [-0.1, -0.05) is 12.1 Å². The predicted octanol–water partition coefficient (Wildman–Crippen LogP) is 2.30. The number of nitrogens with zero attached hydrogens (tertiary/aromatic N) is 2. The lowest BCUT2D eigenvalue weighted by molar-refractivity contribution is 0.468. The zero-order valence-electron chi connectivity index (χ0n) is 8.40. The molecule has 0 aliphatic heterocycles. The van der Waals surface area contributed by atoms with Crippen LogP contribution in [0.25, 0.3) is 0 Å². The summed E-state index contributed by atoms with van der Waals surface area (Å²) < 4.78 is 0. The number of rotatable bonds is 4. The second-order valence-electron chi connectivity index (χ2n) is 3.28. The molecule has 0 spiro atoms. The van der Waals surface area contributed by atoms with Gasteiger partial charge in [-0.3, -0.25) is 0 Å². The maximum absolute atomic E-state index is 9.51. The second-order valence-corrected chi connectivity index (χ2v) is 3.28. The van der Waals surface area contributed by atoms with Crippen molar-refractivity contribution in [3.63, 3.8) is 0 Å². The van der Waals surface area contributed by atoms with Crippen LogP contribution in [0.5, 0.6) is 5.75 Å². The maximum Gasteiger partial charge on any atom is 0.118 e.